The van der Waals surface area contributed by atoms with Crippen molar-refractivity contribution in [2.45, 2.75) is 104 Å². The van der Waals surface area contributed by atoms with E-state index in [-0.39, 0.29) is 17.1 Å². The van der Waals surface area contributed by atoms with Crippen LogP contribution in [-0.2, 0) is 10.8 Å². The molecule has 1 aliphatic heterocycles. The molecule has 1 fully saturated rings. The summed E-state index contributed by atoms with van der Waals surface area (Å²) < 4.78 is 7.88. The molecule has 3 rings (SSSR count). The highest BCUT2D eigenvalue weighted by molar-refractivity contribution is 5.81. The topological polar surface area (TPSA) is 45.6 Å². The second-order valence-corrected chi connectivity index (χ2v) is 11.5. The minimum atomic E-state index is -0.000848. The van der Waals surface area contributed by atoms with E-state index in [2.05, 4.69) is 102 Å². The van der Waals surface area contributed by atoms with Crippen LogP contribution in [-0.4, -0.2) is 29.8 Å². The number of hydrogen-bond donors (Lipinski definition) is 0. The molecule has 2 aromatic carbocycles. The normalized spacial score (nSPS) is 19.8. The molecule has 190 valence electrons. The van der Waals surface area contributed by atoms with Gasteiger partial charge in [0.15, 0.2) is 0 Å². The molecule has 0 amide bonds. The molecule has 0 spiro atoms. The van der Waals surface area contributed by atoms with E-state index in [0.717, 1.165) is 67.6 Å². The minimum absolute atomic E-state index is 0.000848. The highest BCUT2D eigenvalue weighted by Gasteiger charge is 2.45. The summed E-state index contributed by atoms with van der Waals surface area (Å²) in [5, 5.41) is 0. The van der Waals surface area contributed by atoms with Crippen molar-refractivity contribution in [3.8, 4) is 5.75 Å². The average Bonchev–Trinajstić information content (AvgIpc) is 2.89. The first-order chi connectivity index (χ1) is 16.6. The quantitative estimate of drug-likeness (QED) is 0.194. The van der Waals surface area contributed by atoms with Gasteiger partial charge in [0.25, 0.3) is 5.71 Å². The number of rotatable bonds is 10. The van der Waals surface area contributed by atoms with Crippen LogP contribution in [0.5, 0.6) is 5.75 Å². The summed E-state index contributed by atoms with van der Waals surface area (Å²) in [6.07, 6.45) is 5.73. The Balaban J connectivity index is 2.11. The molecular formula is C31H46N3O+. The molecule has 1 unspecified atom stereocenters. The van der Waals surface area contributed by atoms with E-state index in [0.29, 0.717) is 0 Å². The highest BCUT2D eigenvalue weighted by atomic mass is 16.5. The lowest BCUT2D eigenvalue weighted by Gasteiger charge is -2.45. The maximum Gasteiger partial charge on any atom is 0.280 e. The largest absolute Gasteiger partial charge is 0.442 e. The highest BCUT2D eigenvalue weighted by Crippen LogP contribution is 2.41. The molecule has 1 saturated heterocycles. The van der Waals surface area contributed by atoms with Crippen molar-refractivity contribution in [3.63, 3.8) is 0 Å². The molecule has 0 bridgehead atoms. The fourth-order valence-corrected chi connectivity index (χ4v) is 5.21. The Kier molecular flexibility index (Phi) is 8.62. The van der Waals surface area contributed by atoms with Gasteiger partial charge < -0.3 is 10.3 Å². The maximum atomic E-state index is 9.42. The van der Waals surface area contributed by atoms with Gasteiger partial charge in [0.1, 0.15) is 11.4 Å². The summed E-state index contributed by atoms with van der Waals surface area (Å²) >= 11 is 0. The van der Waals surface area contributed by atoms with Crippen molar-refractivity contribution < 1.29 is 9.53 Å². The molecule has 4 heteroatoms. The fraction of sp³-hybridized carbons (Fsp3) is 0.581. The monoisotopic (exact) mass is 476 g/mol. The van der Waals surface area contributed by atoms with Crippen LogP contribution in [0.3, 0.4) is 0 Å². The number of nitrogens with zero attached hydrogens (tertiary/aromatic N) is 3. The van der Waals surface area contributed by atoms with Gasteiger partial charge in [-0.1, -0.05) is 78.8 Å². The van der Waals surface area contributed by atoms with Gasteiger partial charge in [-0.25, -0.2) is 0 Å². The first-order valence-corrected chi connectivity index (χ1v) is 13.6. The van der Waals surface area contributed by atoms with E-state index < -0.39 is 0 Å². The third-order valence-corrected chi connectivity index (χ3v) is 8.62. The lowest BCUT2D eigenvalue weighted by atomic mass is 9.76. The zero-order chi connectivity index (χ0) is 25.7. The second-order valence-electron chi connectivity index (χ2n) is 11.5. The number of piperidine rings is 1. The Labute approximate surface area is 213 Å². The van der Waals surface area contributed by atoms with Crippen molar-refractivity contribution in [2.24, 2.45) is 0 Å². The molecule has 0 aromatic heterocycles. The molecule has 0 N–H and O–H groups in total. The molecule has 0 saturated carbocycles. The Morgan fingerprint density at radius 2 is 1.54 bits per heavy atom. The molecule has 35 heavy (non-hydrogen) atoms. The van der Waals surface area contributed by atoms with Crippen molar-refractivity contribution in [1.82, 2.24) is 4.48 Å². The first kappa shape index (κ1) is 27.2. The predicted molar refractivity (Wildman–Crippen MR) is 148 cm³/mol. The number of para-hydroxylation sites is 1. The molecule has 2 aromatic rings. The summed E-state index contributed by atoms with van der Waals surface area (Å²) in [6, 6.07) is 17.7. The van der Waals surface area contributed by atoms with Crippen LogP contribution < -0.4 is 9.22 Å². The fourth-order valence-electron chi connectivity index (χ4n) is 5.21. The van der Waals surface area contributed by atoms with Gasteiger partial charge in [0.2, 0.25) is 6.23 Å². The molecule has 4 nitrogen and oxygen atoms in total. The zero-order valence-electron chi connectivity index (χ0n) is 23.1. The van der Waals surface area contributed by atoms with E-state index >= 15 is 0 Å². The van der Waals surface area contributed by atoms with Gasteiger partial charge in [-0.3, -0.25) is 4.48 Å². The van der Waals surface area contributed by atoms with E-state index in [4.69, 9.17) is 4.74 Å². The van der Waals surface area contributed by atoms with Crippen LogP contribution in [0.4, 0.5) is 5.69 Å². The number of likely N-dealkylation sites (tertiary alicyclic amines) is 1. The van der Waals surface area contributed by atoms with E-state index in [1.165, 1.54) is 16.8 Å². The summed E-state index contributed by atoms with van der Waals surface area (Å²) in [7, 11) is 0. The summed E-state index contributed by atoms with van der Waals surface area (Å²) in [5.74, 6) is 1.01. The van der Waals surface area contributed by atoms with Crippen LogP contribution in [0, 0.1) is 0 Å². The van der Waals surface area contributed by atoms with Crippen molar-refractivity contribution in [1.29, 1.82) is 0 Å². The van der Waals surface area contributed by atoms with Crippen LogP contribution in [0.25, 0.3) is 5.53 Å². The van der Waals surface area contributed by atoms with Gasteiger partial charge in [-0.2, -0.15) is 4.79 Å². The Morgan fingerprint density at radius 3 is 2.09 bits per heavy atom. The van der Waals surface area contributed by atoms with Crippen LogP contribution in [0.15, 0.2) is 48.5 Å². The van der Waals surface area contributed by atoms with Crippen LogP contribution in [0.2, 0.25) is 0 Å². The van der Waals surface area contributed by atoms with Crippen LogP contribution in [0.1, 0.15) is 98.1 Å². The smallest absolute Gasteiger partial charge is 0.280 e. The minimum Gasteiger partial charge on any atom is -0.442 e. The molecule has 0 aliphatic carbocycles. The lowest BCUT2D eigenvalue weighted by Crippen LogP contribution is -2.63. The predicted octanol–water partition coefficient (Wildman–Crippen LogP) is 8.04. The van der Waals surface area contributed by atoms with Crippen LogP contribution >= 0.6 is 0 Å². The van der Waals surface area contributed by atoms with E-state index in [1.54, 1.807) is 0 Å². The van der Waals surface area contributed by atoms with E-state index in [9.17, 15) is 5.53 Å². The van der Waals surface area contributed by atoms with Gasteiger partial charge in [0, 0.05) is 12.0 Å². The van der Waals surface area contributed by atoms with Crippen molar-refractivity contribution in [2.75, 3.05) is 13.1 Å². The van der Waals surface area contributed by atoms with Crippen molar-refractivity contribution in [3.05, 3.63) is 65.2 Å². The standard InChI is InChI=1S/C31H46N3O/c1-8-14-29(34(26-15-12-11-13-16-26)21-19-25(33-32)20-22-34)35-28-18-17-24(30(4,5)9-2)23-27(28)31(6,7)10-3/h11-13,15-18,23,29H,8-10,14,19-22H2,1-7H3/q+1. The zero-order valence-corrected chi connectivity index (χ0v) is 23.1. The lowest BCUT2D eigenvalue weighted by molar-refractivity contribution is -0.0265. The molecule has 1 aliphatic rings. The number of ether oxygens (including phenoxy) is 1. The second kappa shape index (κ2) is 11.1. The van der Waals surface area contributed by atoms with Gasteiger partial charge in [-0.05, 0) is 53.9 Å². The maximum absolute atomic E-state index is 9.42. The average molecular weight is 477 g/mol. The van der Waals surface area contributed by atoms with Gasteiger partial charge in [-0.15, -0.1) is 0 Å². The molecular weight excluding hydrogens is 430 g/mol. The number of quaternary nitrogens is 1. The Hall–Kier alpha value is -2.42. The Bertz CT molecular complexity index is 1020. The number of benzene rings is 2. The van der Waals surface area contributed by atoms with E-state index in [1.807, 2.05) is 0 Å². The number of hydrogen-bond acceptors (Lipinski definition) is 1. The first-order valence-electron chi connectivity index (χ1n) is 13.6. The third kappa shape index (κ3) is 5.71. The molecule has 1 heterocycles. The molecule has 1 atom stereocenters. The Morgan fingerprint density at radius 1 is 0.914 bits per heavy atom. The SMILES string of the molecule is CCCC(Oc1ccc(C(C)(C)CC)cc1C(C)(C)CC)[N+]1(c2ccccc2)CCC(=[N+]=[N-])CC1. The summed E-state index contributed by atoms with van der Waals surface area (Å²) in [6.45, 7) is 17.8. The van der Waals surface area contributed by atoms with Gasteiger partial charge in [0.05, 0.1) is 25.9 Å². The molecule has 0 radical (unpaired) electrons. The summed E-state index contributed by atoms with van der Waals surface area (Å²) in [4.78, 5) is 3.56. The third-order valence-electron chi connectivity index (χ3n) is 8.62. The van der Waals surface area contributed by atoms with Crippen molar-refractivity contribution >= 4 is 11.4 Å². The summed E-state index contributed by atoms with van der Waals surface area (Å²) in [5.41, 5.74) is 14.4. The van der Waals surface area contributed by atoms with Gasteiger partial charge >= 0.3 is 0 Å².